The van der Waals surface area contributed by atoms with Crippen molar-refractivity contribution in [3.63, 3.8) is 0 Å². The van der Waals surface area contributed by atoms with Crippen LogP contribution in [0.25, 0.3) is 0 Å². The van der Waals surface area contributed by atoms with Crippen LogP contribution in [0.2, 0.25) is 0 Å². The smallest absolute Gasteiger partial charge is 0.254 e. The van der Waals surface area contributed by atoms with Gasteiger partial charge in [0.25, 0.3) is 5.91 Å². The predicted molar refractivity (Wildman–Crippen MR) is 86.8 cm³/mol. The Morgan fingerprint density at radius 1 is 1.14 bits per heavy atom. The lowest BCUT2D eigenvalue weighted by atomic mass is 10.1. The highest BCUT2D eigenvalue weighted by Gasteiger charge is 2.16. The average Bonchev–Trinajstić information content (AvgIpc) is 2.52. The first-order valence-corrected chi connectivity index (χ1v) is 7.09. The molecule has 2 aromatic rings. The molecule has 2 N–H and O–H groups in total. The summed E-state index contributed by atoms with van der Waals surface area (Å²) >= 11 is 4.91. The predicted octanol–water partition coefficient (Wildman–Crippen LogP) is 2.40. The normalized spacial score (nSPS) is 10.1. The van der Waals surface area contributed by atoms with Crippen molar-refractivity contribution < 1.29 is 4.79 Å². The fraction of sp³-hybridized carbons (Fsp3) is 0.188. The van der Waals surface area contributed by atoms with E-state index in [2.05, 4.69) is 4.98 Å². The number of nitrogens with zero attached hydrogens (tertiary/aromatic N) is 2. The second kappa shape index (κ2) is 7.50. The van der Waals surface area contributed by atoms with Gasteiger partial charge in [0.15, 0.2) is 0 Å². The molecule has 0 saturated heterocycles. The summed E-state index contributed by atoms with van der Waals surface area (Å²) in [6, 6.07) is 13.0. The Kier molecular flexibility index (Phi) is 5.40. The third kappa shape index (κ3) is 4.65. The summed E-state index contributed by atoms with van der Waals surface area (Å²) in [7, 11) is 0. The lowest BCUT2D eigenvalue weighted by Gasteiger charge is -2.22. The molecular formula is C16H17N3OS. The summed E-state index contributed by atoms with van der Waals surface area (Å²) in [4.78, 5) is 18.7. The molecule has 5 heteroatoms. The van der Waals surface area contributed by atoms with Gasteiger partial charge in [-0.1, -0.05) is 30.4 Å². The molecule has 4 nitrogen and oxygen atoms in total. The quantitative estimate of drug-likeness (QED) is 0.832. The Balaban J connectivity index is 2.15. The van der Waals surface area contributed by atoms with Crippen LogP contribution in [0.3, 0.4) is 0 Å². The van der Waals surface area contributed by atoms with Gasteiger partial charge in [-0.3, -0.25) is 9.78 Å². The van der Waals surface area contributed by atoms with Crippen molar-refractivity contribution in [1.29, 1.82) is 0 Å². The Morgan fingerprint density at radius 3 is 2.43 bits per heavy atom. The van der Waals surface area contributed by atoms with E-state index in [0.29, 0.717) is 30.1 Å². The topological polar surface area (TPSA) is 59.2 Å². The number of aromatic nitrogens is 1. The molecule has 0 radical (unpaired) electrons. The molecule has 0 saturated carbocycles. The van der Waals surface area contributed by atoms with Crippen molar-refractivity contribution in [2.75, 3.05) is 6.54 Å². The zero-order valence-electron chi connectivity index (χ0n) is 11.6. The number of rotatable bonds is 6. The van der Waals surface area contributed by atoms with Gasteiger partial charge in [0, 0.05) is 37.5 Å². The van der Waals surface area contributed by atoms with Crippen molar-refractivity contribution in [1.82, 2.24) is 9.88 Å². The largest absolute Gasteiger partial charge is 0.393 e. The van der Waals surface area contributed by atoms with E-state index in [1.54, 1.807) is 17.3 Å². The van der Waals surface area contributed by atoms with Gasteiger partial charge in [0.2, 0.25) is 0 Å². The highest BCUT2D eigenvalue weighted by Crippen LogP contribution is 2.10. The Bertz CT molecular complexity index is 601. The maximum atomic E-state index is 12.6. The molecule has 0 atom stereocenters. The van der Waals surface area contributed by atoms with Crippen LogP contribution in [0.1, 0.15) is 22.3 Å². The zero-order chi connectivity index (χ0) is 15.1. The van der Waals surface area contributed by atoms with Gasteiger partial charge in [0.05, 0.1) is 4.99 Å². The van der Waals surface area contributed by atoms with E-state index in [1.165, 1.54) is 0 Å². The molecule has 0 bridgehead atoms. The molecule has 108 valence electrons. The van der Waals surface area contributed by atoms with Crippen molar-refractivity contribution in [2.45, 2.75) is 13.0 Å². The molecule has 0 fully saturated rings. The molecule has 0 aliphatic heterocycles. The second-order valence-corrected chi connectivity index (χ2v) is 5.19. The van der Waals surface area contributed by atoms with Crippen molar-refractivity contribution in [3.8, 4) is 0 Å². The van der Waals surface area contributed by atoms with Crippen LogP contribution in [-0.2, 0) is 6.54 Å². The van der Waals surface area contributed by atoms with E-state index >= 15 is 0 Å². The number of amides is 1. The minimum absolute atomic E-state index is 0.0244. The van der Waals surface area contributed by atoms with Gasteiger partial charge in [-0.25, -0.2) is 0 Å². The minimum atomic E-state index is -0.0244. The van der Waals surface area contributed by atoms with Gasteiger partial charge in [0.1, 0.15) is 0 Å². The Labute approximate surface area is 129 Å². The monoisotopic (exact) mass is 299 g/mol. The number of benzene rings is 1. The summed E-state index contributed by atoms with van der Waals surface area (Å²) in [5, 5.41) is 0. The summed E-state index contributed by atoms with van der Waals surface area (Å²) in [6.45, 7) is 1.02. The molecule has 0 spiro atoms. The minimum Gasteiger partial charge on any atom is -0.393 e. The maximum Gasteiger partial charge on any atom is 0.254 e. The highest BCUT2D eigenvalue weighted by atomic mass is 32.1. The van der Waals surface area contributed by atoms with Gasteiger partial charge in [-0.05, 0) is 29.8 Å². The van der Waals surface area contributed by atoms with E-state index in [4.69, 9.17) is 18.0 Å². The van der Waals surface area contributed by atoms with Crippen molar-refractivity contribution >= 4 is 23.1 Å². The number of nitrogens with two attached hydrogens (primary N) is 1. The fourth-order valence-corrected chi connectivity index (χ4v) is 2.06. The van der Waals surface area contributed by atoms with E-state index < -0.39 is 0 Å². The van der Waals surface area contributed by atoms with Crippen molar-refractivity contribution in [2.24, 2.45) is 5.73 Å². The van der Waals surface area contributed by atoms with Crippen LogP contribution in [0.5, 0.6) is 0 Å². The molecule has 1 amide bonds. The van der Waals surface area contributed by atoms with Crippen LogP contribution in [0.4, 0.5) is 0 Å². The number of carbonyl (C=O) groups excluding carboxylic acids is 1. The Hall–Kier alpha value is -2.27. The van der Waals surface area contributed by atoms with Crippen LogP contribution in [0, 0.1) is 0 Å². The third-order valence-corrected chi connectivity index (χ3v) is 3.26. The van der Waals surface area contributed by atoms with Crippen LogP contribution < -0.4 is 5.73 Å². The molecule has 0 unspecified atom stereocenters. The highest BCUT2D eigenvalue weighted by molar-refractivity contribution is 7.80. The van der Waals surface area contributed by atoms with Crippen LogP contribution in [-0.4, -0.2) is 27.3 Å². The Morgan fingerprint density at radius 2 is 1.81 bits per heavy atom. The molecular weight excluding hydrogens is 282 g/mol. The van der Waals surface area contributed by atoms with Crippen LogP contribution in [0.15, 0.2) is 54.9 Å². The summed E-state index contributed by atoms with van der Waals surface area (Å²) in [6.07, 6.45) is 3.95. The van der Waals surface area contributed by atoms with E-state index in [9.17, 15) is 4.79 Å². The summed E-state index contributed by atoms with van der Waals surface area (Å²) < 4.78 is 0. The molecule has 2 rings (SSSR count). The van der Waals surface area contributed by atoms with E-state index in [0.717, 1.165) is 5.56 Å². The number of hydrogen-bond donors (Lipinski definition) is 1. The molecule has 1 aromatic heterocycles. The molecule has 0 aliphatic rings. The SMILES string of the molecule is NC(=S)CCN(Cc1ccncc1)C(=O)c1ccccc1. The third-order valence-electron chi connectivity index (χ3n) is 3.06. The fourth-order valence-electron chi connectivity index (χ4n) is 1.97. The van der Waals surface area contributed by atoms with Gasteiger partial charge in [-0.2, -0.15) is 0 Å². The molecule has 1 heterocycles. The van der Waals surface area contributed by atoms with Crippen molar-refractivity contribution in [3.05, 3.63) is 66.0 Å². The number of pyridine rings is 1. The molecule has 1 aromatic carbocycles. The summed E-state index contributed by atoms with van der Waals surface area (Å²) in [5.74, 6) is -0.0244. The standard InChI is InChI=1S/C16H17N3OS/c17-15(21)8-11-19(12-13-6-9-18-10-7-13)16(20)14-4-2-1-3-5-14/h1-7,9-10H,8,11-12H2,(H2,17,21). The number of thiocarbonyl (C=S) groups is 1. The zero-order valence-corrected chi connectivity index (χ0v) is 12.4. The van der Waals surface area contributed by atoms with Gasteiger partial charge >= 0.3 is 0 Å². The lowest BCUT2D eigenvalue weighted by Crippen LogP contribution is -2.33. The summed E-state index contributed by atoms with van der Waals surface area (Å²) in [5.41, 5.74) is 7.24. The number of hydrogen-bond acceptors (Lipinski definition) is 3. The van der Waals surface area contributed by atoms with E-state index in [-0.39, 0.29) is 5.91 Å². The maximum absolute atomic E-state index is 12.6. The van der Waals surface area contributed by atoms with E-state index in [1.807, 2.05) is 42.5 Å². The average molecular weight is 299 g/mol. The second-order valence-electron chi connectivity index (χ2n) is 4.66. The van der Waals surface area contributed by atoms with Gasteiger partial charge < -0.3 is 10.6 Å². The molecule has 21 heavy (non-hydrogen) atoms. The lowest BCUT2D eigenvalue weighted by molar-refractivity contribution is 0.0748. The first-order valence-electron chi connectivity index (χ1n) is 6.68. The number of carbonyl (C=O) groups is 1. The molecule has 0 aliphatic carbocycles. The van der Waals surface area contributed by atoms with Gasteiger partial charge in [-0.15, -0.1) is 0 Å². The first-order chi connectivity index (χ1) is 10.2. The first kappa shape index (κ1) is 15.1. The van der Waals surface area contributed by atoms with Crippen LogP contribution >= 0.6 is 12.2 Å².